The second kappa shape index (κ2) is 9.30. The van der Waals surface area contributed by atoms with Crippen LogP contribution in [0.25, 0.3) is 5.69 Å². The van der Waals surface area contributed by atoms with Crippen molar-refractivity contribution >= 4 is 50.8 Å². The van der Waals surface area contributed by atoms with Crippen LogP contribution in [0.15, 0.2) is 52.2 Å². The maximum atomic E-state index is 13.1. The van der Waals surface area contributed by atoms with Gasteiger partial charge in [-0.15, -0.1) is 0 Å². The minimum atomic E-state index is -4.48. The van der Waals surface area contributed by atoms with Crippen molar-refractivity contribution in [3.05, 3.63) is 74.1 Å². The number of hydrogen-bond donors (Lipinski definition) is 2. The van der Waals surface area contributed by atoms with E-state index in [-0.39, 0.29) is 21.3 Å². The van der Waals surface area contributed by atoms with Gasteiger partial charge in [0.25, 0.3) is 21.5 Å². The Labute approximate surface area is 198 Å². The Morgan fingerprint density at radius 2 is 1.79 bits per heavy atom. The molecule has 3 N–H and O–H groups in total. The van der Waals surface area contributed by atoms with E-state index in [0.717, 1.165) is 12.1 Å². The summed E-state index contributed by atoms with van der Waals surface area (Å²) in [5.41, 5.74) is 4.68. The van der Waals surface area contributed by atoms with Crippen LogP contribution in [0, 0.1) is 6.92 Å². The molecular formula is C20H18Cl2N4O6S. The van der Waals surface area contributed by atoms with E-state index in [4.69, 9.17) is 28.9 Å². The van der Waals surface area contributed by atoms with Crippen LogP contribution >= 0.6 is 23.2 Å². The minimum absolute atomic E-state index is 0.213. The topological polar surface area (TPSA) is 142 Å². The number of carbonyl (C=O) groups is 2. The molecule has 3 aromatic rings. The molecule has 0 radical (unpaired) electrons. The number of nitrogens with two attached hydrogens (primary N) is 1. The van der Waals surface area contributed by atoms with Gasteiger partial charge in [0.05, 0.1) is 27.0 Å². The van der Waals surface area contributed by atoms with Gasteiger partial charge in [0, 0.05) is 7.05 Å². The third-order valence-electron chi connectivity index (χ3n) is 4.66. The molecule has 0 saturated heterocycles. The van der Waals surface area contributed by atoms with Gasteiger partial charge in [-0.2, -0.15) is 0 Å². The van der Waals surface area contributed by atoms with Crippen molar-refractivity contribution in [3.8, 4) is 5.69 Å². The first-order valence-corrected chi connectivity index (χ1v) is 11.5. The van der Waals surface area contributed by atoms with Gasteiger partial charge in [-0.1, -0.05) is 41.4 Å². The number of primary amides is 1. The highest BCUT2D eigenvalue weighted by Gasteiger charge is 2.27. The highest BCUT2D eigenvalue weighted by molar-refractivity contribution is 7.92. The van der Waals surface area contributed by atoms with E-state index in [1.807, 2.05) is 0 Å². The Morgan fingerprint density at radius 1 is 1.15 bits per heavy atom. The summed E-state index contributed by atoms with van der Waals surface area (Å²) in [4.78, 5) is 35.5. The normalized spacial score (nSPS) is 11.3. The molecule has 13 heteroatoms. The van der Waals surface area contributed by atoms with Crippen molar-refractivity contribution < 1.29 is 22.7 Å². The van der Waals surface area contributed by atoms with Crippen LogP contribution in [-0.4, -0.2) is 36.3 Å². The highest BCUT2D eigenvalue weighted by atomic mass is 35.5. The molecule has 0 spiro atoms. The minimum Gasteiger partial charge on any atom is -0.452 e. The van der Waals surface area contributed by atoms with Crippen molar-refractivity contribution in [2.45, 2.75) is 11.8 Å². The number of amides is 1. The first-order valence-electron chi connectivity index (χ1n) is 9.25. The molecule has 0 aliphatic carbocycles. The van der Waals surface area contributed by atoms with Crippen LogP contribution in [0.5, 0.6) is 0 Å². The molecule has 1 amide bonds. The number of hydrogen-bond acceptors (Lipinski definition) is 6. The molecule has 33 heavy (non-hydrogen) atoms. The summed E-state index contributed by atoms with van der Waals surface area (Å²) in [7, 11) is -2.88. The van der Waals surface area contributed by atoms with Gasteiger partial charge < -0.3 is 10.5 Å². The Kier molecular flexibility index (Phi) is 6.86. The molecule has 0 atom stereocenters. The van der Waals surface area contributed by atoms with Crippen LogP contribution < -0.4 is 16.0 Å². The lowest BCUT2D eigenvalue weighted by Crippen LogP contribution is -2.23. The molecule has 0 unspecified atom stereocenters. The van der Waals surface area contributed by atoms with Gasteiger partial charge in [0.1, 0.15) is 10.6 Å². The average Bonchev–Trinajstić information content (AvgIpc) is 2.97. The fraction of sp³-hybridized carbons (Fsp3) is 0.150. The maximum Gasteiger partial charge on any atom is 0.338 e. The number of carbonyl (C=O) groups excluding carboxylic acids is 2. The zero-order chi connectivity index (χ0) is 24.5. The number of aromatic nitrogens is 2. The van der Waals surface area contributed by atoms with Crippen molar-refractivity contribution in [3.63, 3.8) is 0 Å². The Hall–Kier alpha value is -3.28. The monoisotopic (exact) mass is 512 g/mol. The van der Waals surface area contributed by atoms with Gasteiger partial charge in [0.2, 0.25) is 0 Å². The van der Waals surface area contributed by atoms with E-state index in [2.05, 4.69) is 9.46 Å². The van der Waals surface area contributed by atoms with Crippen LogP contribution in [0.3, 0.4) is 0 Å². The molecular weight excluding hydrogens is 495 g/mol. The standard InChI is InChI=1S/C20H18Cl2N4O6S/c1-11-18(19(28)26(25(11)2)13-6-4-3-5-7-13)24-33(30,31)15-9-12(8-14(21)17(15)22)20(29)32-10-16(23)27/h3-9,24H,10H2,1-2H3,(H2,23,27). The summed E-state index contributed by atoms with van der Waals surface area (Å²) in [6.45, 7) is 0.854. The third-order valence-corrected chi connectivity index (χ3v) is 6.94. The SMILES string of the molecule is Cc1c(NS(=O)(=O)c2cc(C(=O)OCC(N)=O)cc(Cl)c2Cl)c(=O)n(-c2ccccc2)n1C. The zero-order valence-electron chi connectivity index (χ0n) is 17.3. The molecule has 174 valence electrons. The lowest BCUT2D eigenvalue weighted by atomic mass is 10.2. The number of rotatable bonds is 7. The quantitative estimate of drug-likeness (QED) is 0.464. The summed E-state index contributed by atoms with van der Waals surface area (Å²) < 4.78 is 36.0. The van der Waals surface area contributed by atoms with Crippen molar-refractivity contribution in [2.24, 2.45) is 12.8 Å². The van der Waals surface area contributed by atoms with Gasteiger partial charge in [-0.25, -0.2) is 17.9 Å². The smallest absolute Gasteiger partial charge is 0.338 e. The molecule has 0 saturated carbocycles. The largest absolute Gasteiger partial charge is 0.452 e. The van der Waals surface area contributed by atoms with Gasteiger partial charge in [-0.3, -0.25) is 19.0 Å². The summed E-state index contributed by atoms with van der Waals surface area (Å²) in [5, 5.41) is -0.621. The summed E-state index contributed by atoms with van der Waals surface area (Å²) in [5.74, 6) is -1.93. The second-order valence-corrected chi connectivity index (χ2v) is 9.29. The van der Waals surface area contributed by atoms with E-state index >= 15 is 0 Å². The third kappa shape index (κ3) is 4.90. The Morgan fingerprint density at radius 3 is 2.39 bits per heavy atom. The lowest BCUT2D eigenvalue weighted by Gasteiger charge is -2.11. The van der Waals surface area contributed by atoms with E-state index in [0.29, 0.717) is 11.4 Å². The fourth-order valence-electron chi connectivity index (χ4n) is 2.97. The Bertz CT molecular complexity index is 1410. The van der Waals surface area contributed by atoms with Gasteiger partial charge in [0.15, 0.2) is 6.61 Å². The lowest BCUT2D eigenvalue weighted by molar-refractivity contribution is -0.121. The van der Waals surface area contributed by atoms with Gasteiger partial charge in [-0.05, 0) is 31.2 Å². The molecule has 0 aliphatic heterocycles. The van der Waals surface area contributed by atoms with Crippen LogP contribution in [0.4, 0.5) is 5.69 Å². The summed E-state index contributed by atoms with van der Waals surface area (Å²) in [6.07, 6.45) is 0. The number of halogens is 2. The molecule has 0 bridgehead atoms. The van der Waals surface area contributed by atoms with Crippen LogP contribution in [0.1, 0.15) is 16.1 Å². The highest BCUT2D eigenvalue weighted by Crippen LogP contribution is 2.32. The molecule has 3 rings (SSSR count). The van der Waals surface area contributed by atoms with Crippen molar-refractivity contribution in [2.75, 3.05) is 11.3 Å². The zero-order valence-corrected chi connectivity index (χ0v) is 19.7. The number of para-hydroxylation sites is 1. The van der Waals surface area contributed by atoms with Crippen LogP contribution in [0.2, 0.25) is 10.0 Å². The number of nitrogens with one attached hydrogen (secondary N) is 1. The molecule has 10 nitrogen and oxygen atoms in total. The van der Waals surface area contributed by atoms with E-state index < -0.39 is 39.0 Å². The van der Waals surface area contributed by atoms with Crippen LogP contribution in [-0.2, 0) is 26.6 Å². The Balaban J connectivity index is 2.05. The van der Waals surface area contributed by atoms with Crippen molar-refractivity contribution in [1.82, 2.24) is 9.36 Å². The van der Waals surface area contributed by atoms with E-state index in [1.165, 1.54) is 9.36 Å². The molecule has 0 fully saturated rings. The maximum absolute atomic E-state index is 13.1. The summed E-state index contributed by atoms with van der Waals surface area (Å²) >= 11 is 12.1. The number of ether oxygens (including phenoxy) is 1. The van der Waals surface area contributed by atoms with E-state index in [9.17, 15) is 22.8 Å². The second-order valence-electron chi connectivity index (χ2n) is 6.85. The molecule has 0 aliphatic rings. The van der Waals surface area contributed by atoms with Gasteiger partial charge >= 0.3 is 5.97 Å². The molecule has 1 heterocycles. The predicted octanol–water partition coefficient (Wildman–Crippen LogP) is 2.23. The van der Waals surface area contributed by atoms with Crippen molar-refractivity contribution in [1.29, 1.82) is 0 Å². The number of benzene rings is 2. The summed E-state index contributed by atoms with van der Waals surface area (Å²) in [6, 6.07) is 10.6. The number of sulfonamides is 1. The first kappa shape index (κ1) is 24.4. The first-order chi connectivity index (χ1) is 15.4. The fourth-order valence-corrected chi connectivity index (χ4v) is 4.90. The van der Waals surface area contributed by atoms with E-state index in [1.54, 1.807) is 44.3 Å². The molecule has 1 aromatic heterocycles. The molecule has 2 aromatic carbocycles. The average molecular weight is 513 g/mol. The predicted molar refractivity (Wildman–Crippen MR) is 122 cm³/mol. The number of nitrogens with zero attached hydrogens (tertiary/aromatic N) is 2. The number of anilines is 1. The number of esters is 1.